The van der Waals surface area contributed by atoms with Crippen LogP contribution >= 0.6 is 0 Å². The van der Waals surface area contributed by atoms with Gasteiger partial charge in [-0.05, 0) is 58.1 Å². The smallest absolute Gasteiger partial charge is 0.265 e. The van der Waals surface area contributed by atoms with Gasteiger partial charge in [0.25, 0.3) is 10.0 Å². The van der Waals surface area contributed by atoms with E-state index >= 15 is 0 Å². The molecule has 6 nitrogen and oxygen atoms in total. The summed E-state index contributed by atoms with van der Waals surface area (Å²) in [5.74, 6) is -0.260. The lowest BCUT2D eigenvalue weighted by molar-refractivity contribution is -0.120. The maximum Gasteiger partial charge on any atom is 0.265 e. The molecule has 0 aliphatic carbocycles. The predicted octanol–water partition coefficient (Wildman–Crippen LogP) is 2.38. The van der Waals surface area contributed by atoms with Crippen molar-refractivity contribution in [2.24, 2.45) is 0 Å². The molecule has 0 atom stereocenters. The molecular weight excluding hydrogens is 374 g/mol. The number of rotatable bonds is 3. The minimum atomic E-state index is -3.79. The van der Waals surface area contributed by atoms with E-state index in [9.17, 15) is 13.2 Å². The third kappa shape index (κ3) is 3.40. The van der Waals surface area contributed by atoms with E-state index in [1.165, 1.54) is 4.31 Å². The van der Waals surface area contributed by atoms with Crippen molar-refractivity contribution in [1.82, 2.24) is 10.2 Å². The molecule has 0 aromatic heterocycles. The number of sulfonamides is 1. The second kappa shape index (κ2) is 7.22. The summed E-state index contributed by atoms with van der Waals surface area (Å²) in [6.45, 7) is 3.63. The number of aryl methyl sites for hydroxylation is 1. The van der Waals surface area contributed by atoms with E-state index in [2.05, 4.69) is 17.3 Å². The van der Waals surface area contributed by atoms with E-state index in [0.29, 0.717) is 11.3 Å². The van der Waals surface area contributed by atoms with Crippen molar-refractivity contribution in [2.45, 2.75) is 30.7 Å². The van der Waals surface area contributed by atoms with Crippen LogP contribution in [-0.2, 0) is 14.8 Å². The number of benzene rings is 2. The molecule has 0 unspecified atom stereocenters. The highest BCUT2D eigenvalue weighted by atomic mass is 32.2. The lowest BCUT2D eigenvalue weighted by Crippen LogP contribution is -2.48. The zero-order chi connectivity index (χ0) is 19.9. The van der Waals surface area contributed by atoms with Gasteiger partial charge in [-0.1, -0.05) is 29.8 Å². The van der Waals surface area contributed by atoms with Crippen molar-refractivity contribution in [1.29, 1.82) is 0 Å². The standard InChI is InChI=1S/C21H25N3O3S/c1-15-7-8-19-18(13-15)17-5-3-4-6-20(17)28(26,27)24(19)14-21(25)22-16-9-11-23(2)12-10-16/h3-8,13,16H,9-12,14H2,1-2H3,(H,22,25). The number of piperidine rings is 1. The Morgan fingerprint density at radius 1 is 1.11 bits per heavy atom. The van der Waals surface area contributed by atoms with E-state index in [0.717, 1.165) is 37.1 Å². The van der Waals surface area contributed by atoms with Crippen LogP contribution in [-0.4, -0.2) is 51.9 Å². The van der Waals surface area contributed by atoms with Gasteiger partial charge in [-0.3, -0.25) is 9.10 Å². The number of carbonyl (C=O) groups is 1. The SMILES string of the molecule is Cc1ccc2c(c1)-c1ccccc1S(=O)(=O)N2CC(=O)NC1CCN(C)CC1. The van der Waals surface area contributed by atoms with Crippen molar-refractivity contribution in [2.75, 3.05) is 31.0 Å². The van der Waals surface area contributed by atoms with E-state index in [1.54, 1.807) is 18.2 Å². The van der Waals surface area contributed by atoms with Crippen LogP contribution in [0.5, 0.6) is 0 Å². The number of amides is 1. The summed E-state index contributed by atoms with van der Waals surface area (Å²) in [4.78, 5) is 15.2. The second-order valence-corrected chi connectivity index (χ2v) is 9.50. The van der Waals surface area contributed by atoms with Crippen LogP contribution in [0, 0.1) is 6.92 Å². The van der Waals surface area contributed by atoms with Gasteiger partial charge in [0.2, 0.25) is 5.91 Å². The van der Waals surface area contributed by atoms with Gasteiger partial charge >= 0.3 is 0 Å². The molecule has 2 aliphatic rings. The highest BCUT2D eigenvalue weighted by Crippen LogP contribution is 2.43. The summed E-state index contributed by atoms with van der Waals surface area (Å²) in [5.41, 5.74) is 3.14. The van der Waals surface area contributed by atoms with E-state index < -0.39 is 10.0 Å². The Hall–Kier alpha value is -2.38. The molecule has 1 saturated heterocycles. The lowest BCUT2D eigenvalue weighted by atomic mass is 10.0. The summed E-state index contributed by atoms with van der Waals surface area (Å²) in [7, 11) is -1.73. The summed E-state index contributed by atoms with van der Waals surface area (Å²) >= 11 is 0. The predicted molar refractivity (Wildman–Crippen MR) is 110 cm³/mol. The van der Waals surface area contributed by atoms with Gasteiger partial charge in [0, 0.05) is 17.2 Å². The van der Waals surface area contributed by atoms with Gasteiger partial charge in [0.1, 0.15) is 6.54 Å². The Kier molecular flexibility index (Phi) is 4.89. The number of carbonyl (C=O) groups excluding carboxylic acids is 1. The number of nitrogens with zero attached hydrogens (tertiary/aromatic N) is 2. The van der Waals surface area contributed by atoms with Crippen LogP contribution in [0.2, 0.25) is 0 Å². The number of hydrogen-bond acceptors (Lipinski definition) is 4. The van der Waals surface area contributed by atoms with E-state index in [-0.39, 0.29) is 23.4 Å². The second-order valence-electron chi connectivity index (χ2n) is 7.67. The average Bonchev–Trinajstić information content (AvgIpc) is 2.67. The van der Waals surface area contributed by atoms with Gasteiger partial charge in [-0.15, -0.1) is 0 Å². The first-order valence-corrected chi connectivity index (χ1v) is 11.0. The van der Waals surface area contributed by atoms with Gasteiger partial charge in [0.05, 0.1) is 10.6 Å². The highest BCUT2D eigenvalue weighted by Gasteiger charge is 2.36. The normalized spacial score (nSPS) is 19.0. The topological polar surface area (TPSA) is 69.7 Å². The van der Waals surface area contributed by atoms with Crippen LogP contribution in [0.3, 0.4) is 0 Å². The molecule has 2 heterocycles. The Bertz CT molecular complexity index is 1010. The van der Waals surface area contributed by atoms with Gasteiger partial charge < -0.3 is 10.2 Å². The number of nitrogens with one attached hydrogen (secondary N) is 1. The minimum absolute atomic E-state index is 0.0981. The van der Waals surface area contributed by atoms with Gasteiger partial charge in [0.15, 0.2) is 0 Å². The summed E-state index contributed by atoms with van der Waals surface area (Å²) < 4.78 is 27.8. The fourth-order valence-corrected chi connectivity index (χ4v) is 5.62. The molecule has 2 aromatic rings. The van der Waals surface area contributed by atoms with E-state index in [4.69, 9.17) is 0 Å². The van der Waals surface area contributed by atoms with Crippen molar-refractivity contribution in [3.05, 3.63) is 48.0 Å². The number of likely N-dealkylation sites (tertiary alicyclic amines) is 1. The lowest BCUT2D eigenvalue weighted by Gasteiger charge is -2.33. The van der Waals surface area contributed by atoms with Crippen LogP contribution < -0.4 is 9.62 Å². The molecule has 2 aliphatic heterocycles. The first kappa shape index (κ1) is 19.0. The zero-order valence-electron chi connectivity index (χ0n) is 16.2. The third-order valence-electron chi connectivity index (χ3n) is 5.54. The van der Waals surface area contributed by atoms with Crippen molar-refractivity contribution in [3.63, 3.8) is 0 Å². The molecule has 0 bridgehead atoms. The van der Waals surface area contributed by atoms with Crippen LogP contribution in [0.1, 0.15) is 18.4 Å². The molecule has 148 valence electrons. The zero-order valence-corrected chi connectivity index (χ0v) is 17.0. The van der Waals surface area contributed by atoms with Crippen molar-refractivity contribution >= 4 is 21.6 Å². The monoisotopic (exact) mass is 399 g/mol. The Morgan fingerprint density at radius 2 is 1.82 bits per heavy atom. The molecule has 7 heteroatoms. The molecule has 4 rings (SSSR count). The van der Waals surface area contributed by atoms with E-state index in [1.807, 2.05) is 31.2 Å². The maximum atomic E-state index is 13.3. The van der Waals surface area contributed by atoms with Crippen molar-refractivity contribution < 1.29 is 13.2 Å². The highest BCUT2D eigenvalue weighted by molar-refractivity contribution is 7.93. The molecule has 0 radical (unpaired) electrons. The fourth-order valence-electron chi connectivity index (χ4n) is 3.97. The Balaban J connectivity index is 1.64. The summed E-state index contributed by atoms with van der Waals surface area (Å²) in [5, 5.41) is 3.02. The summed E-state index contributed by atoms with van der Waals surface area (Å²) in [6, 6.07) is 12.7. The Labute approximate surface area is 166 Å². The fraction of sp³-hybridized carbons (Fsp3) is 0.381. The number of anilines is 1. The quantitative estimate of drug-likeness (QED) is 0.860. The number of hydrogen-bond donors (Lipinski definition) is 1. The van der Waals surface area contributed by atoms with Crippen LogP contribution in [0.15, 0.2) is 47.4 Å². The maximum absolute atomic E-state index is 13.3. The third-order valence-corrected chi connectivity index (χ3v) is 7.35. The first-order valence-electron chi connectivity index (χ1n) is 9.57. The molecule has 1 fully saturated rings. The van der Waals surface area contributed by atoms with Crippen LogP contribution in [0.25, 0.3) is 11.1 Å². The minimum Gasteiger partial charge on any atom is -0.352 e. The molecule has 1 N–H and O–H groups in total. The van der Waals surface area contributed by atoms with Crippen LogP contribution in [0.4, 0.5) is 5.69 Å². The van der Waals surface area contributed by atoms with Crippen molar-refractivity contribution in [3.8, 4) is 11.1 Å². The number of fused-ring (bicyclic) bond motifs is 3. The van der Waals surface area contributed by atoms with Gasteiger partial charge in [-0.2, -0.15) is 0 Å². The first-order chi connectivity index (χ1) is 13.4. The molecule has 2 aromatic carbocycles. The molecule has 0 saturated carbocycles. The van der Waals surface area contributed by atoms with Gasteiger partial charge in [-0.25, -0.2) is 8.42 Å². The molecule has 0 spiro atoms. The Morgan fingerprint density at radius 3 is 2.57 bits per heavy atom. The largest absolute Gasteiger partial charge is 0.352 e. The molecule has 1 amide bonds. The average molecular weight is 400 g/mol. The molecular formula is C21H25N3O3S. The summed E-state index contributed by atoms with van der Waals surface area (Å²) in [6.07, 6.45) is 1.77. The molecule has 28 heavy (non-hydrogen) atoms.